The van der Waals surface area contributed by atoms with Gasteiger partial charge in [-0.3, -0.25) is 4.57 Å². The van der Waals surface area contributed by atoms with Crippen LogP contribution in [0.2, 0.25) is 0 Å². The summed E-state index contributed by atoms with van der Waals surface area (Å²) in [7, 11) is -2.90. The molecule has 0 aromatic heterocycles. The highest BCUT2D eigenvalue weighted by Gasteiger charge is 2.35. The number of hydrogen-bond donors (Lipinski definition) is 1. The van der Waals surface area contributed by atoms with Gasteiger partial charge in [0.2, 0.25) is 0 Å². The van der Waals surface area contributed by atoms with E-state index >= 15 is 0 Å². The van der Waals surface area contributed by atoms with Crippen molar-refractivity contribution in [3.8, 4) is 0 Å². The molecule has 1 heterocycles. The van der Waals surface area contributed by atoms with Crippen molar-refractivity contribution in [1.29, 1.82) is 0 Å². The molecule has 1 aliphatic heterocycles. The van der Waals surface area contributed by atoms with Crippen molar-refractivity contribution in [1.82, 2.24) is 9.76 Å². The molecule has 0 aliphatic carbocycles. The quantitative estimate of drug-likeness (QED) is 0.617. The Labute approximate surface area is 101 Å². The Morgan fingerprint density at radius 1 is 1.47 bits per heavy atom. The average Bonchev–Trinajstić information content (AvgIpc) is 2.17. The molecule has 0 saturated carbocycles. The standard InChI is InChI=1S/C8H17Cl2N2O2P/c1-8-2-7-14-15(13,11-8)12(5-3-9)6-4-10/h8H,2-7H2,1H3,(H,11,13)/t8-,15+/m0/s1. The van der Waals surface area contributed by atoms with Crippen molar-refractivity contribution in [3.05, 3.63) is 0 Å². The van der Waals surface area contributed by atoms with E-state index in [9.17, 15) is 4.57 Å². The molecule has 0 radical (unpaired) electrons. The van der Waals surface area contributed by atoms with Crippen molar-refractivity contribution in [3.63, 3.8) is 0 Å². The first-order chi connectivity index (χ1) is 7.12. The molecule has 1 aliphatic rings. The monoisotopic (exact) mass is 274 g/mol. The van der Waals surface area contributed by atoms with Crippen LogP contribution in [0.15, 0.2) is 0 Å². The van der Waals surface area contributed by atoms with Gasteiger partial charge in [-0.1, -0.05) is 0 Å². The molecule has 1 N–H and O–H groups in total. The summed E-state index contributed by atoms with van der Waals surface area (Å²) in [5, 5.41) is 3.00. The van der Waals surface area contributed by atoms with Crippen LogP contribution in [0, 0.1) is 0 Å². The second-order valence-electron chi connectivity index (χ2n) is 3.50. The zero-order chi connectivity index (χ0) is 11.3. The van der Waals surface area contributed by atoms with Gasteiger partial charge in [0.15, 0.2) is 0 Å². The topological polar surface area (TPSA) is 41.6 Å². The van der Waals surface area contributed by atoms with Crippen LogP contribution in [0.4, 0.5) is 0 Å². The average molecular weight is 275 g/mol. The minimum absolute atomic E-state index is 0.206. The third-order valence-corrected chi connectivity index (χ3v) is 5.04. The van der Waals surface area contributed by atoms with Crippen molar-refractivity contribution in [2.75, 3.05) is 31.5 Å². The number of rotatable bonds is 5. The van der Waals surface area contributed by atoms with E-state index in [-0.39, 0.29) is 6.04 Å². The maximum atomic E-state index is 12.4. The molecule has 1 saturated heterocycles. The zero-order valence-corrected chi connectivity index (χ0v) is 11.2. The summed E-state index contributed by atoms with van der Waals surface area (Å²) < 4.78 is 19.5. The Balaban J connectivity index is 2.66. The molecule has 2 atom stereocenters. The van der Waals surface area contributed by atoms with Crippen LogP contribution in [0.5, 0.6) is 0 Å². The lowest BCUT2D eigenvalue weighted by Gasteiger charge is -2.35. The first kappa shape index (κ1) is 13.8. The highest BCUT2D eigenvalue weighted by molar-refractivity contribution is 7.54. The Kier molecular flexibility index (Phi) is 5.90. The van der Waals surface area contributed by atoms with Crippen molar-refractivity contribution in [2.45, 2.75) is 19.4 Å². The Morgan fingerprint density at radius 3 is 2.53 bits per heavy atom. The lowest BCUT2D eigenvalue weighted by molar-refractivity contribution is 0.215. The molecule has 15 heavy (non-hydrogen) atoms. The van der Waals surface area contributed by atoms with Crippen LogP contribution in [-0.4, -0.2) is 42.2 Å². The Morgan fingerprint density at radius 2 is 2.07 bits per heavy atom. The van der Waals surface area contributed by atoms with Gasteiger partial charge >= 0.3 is 7.67 Å². The summed E-state index contributed by atoms with van der Waals surface area (Å²) in [6.45, 7) is 3.55. The maximum Gasteiger partial charge on any atom is 0.343 e. The molecule has 0 spiro atoms. The van der Waals surface area contributed by atoms with Crippen molar-refractivity contribution in [2.24, 2.45) is 0 Å². The van der Waals surface area contributed by atoms with Gasteiger partial charge in [0.1, 0.15) is 0 Å². The number of halogens is 2. The fraction of sp³-hybridized carbons (Fsp3) is 1.00. The maximum absolute atomic E-state index is 12.4. The van der Waals surface area contributed by atoms with Crippen LogP contribution in [0.25, 0.3) is 0 Å². The van der Waals surface area contributed by atoms with Crippen molar-refractivity contribution < 1.29 is 9.09 Å². The number of hydrogen-bond acceptors (Lipinski definition) is 2. The summed E-state index contributed by atoms with van der Waals surface area (Å²) in [5.41, 5.74) is 0. The minimum atomic E-state index is -2.90. The first-order valence-corrected chi connectivity index (χ1v) is 7.67. The molecule has 0 aromatic carbocycles. The van der Waals surface area contributed by atoms with E-state index in [1.807, 2.05) is 6.92 Å². The van der Waals surface area contributed by atoms with Gasteiger partial charge in [0, 0.05) is 30.9 Å². The van der Waals surface area contributed by atoms with Gasteiger partial charge in [-0.25, -0.2) is 9.76 Å². The van der Waals surface area contributed by atoms with Gasteiger partial charge in [0.25, 0.3) is 0 Å². The summed E-state index contributed by atoms with van der Waals surface area (Å²) >= 11 is 11.3. The molecule has 0 aromatic rings. The van der Waals surface area contributed by atoms with Crippen LogP contribution >= 0.6 is 30.9 Å². The van der Waals surface area contributed by atoms with Crippen LogP contribution < -0.4 is 5.09 Å². The highest BCUT2D eigenvalue weighted by atomic mass is 35.5. The molecule has 0 bridgehead atoms. The van der Waals surface area contributed by atoms with Crippen molar-refractivity contribution >= 4 is 30.9 Å². The molecule has 90 valence electrons. The predicted octanol–water partition coefficient (Wildman–Crippen LogP) is 2.27. The minimum Gasteiger partial charge on any atom is -0.306 e. The van der Waals surface area contributed by atoms with Gasteiger partial charge < -0.3 is 4.52 Å². The smallest absolute Gasteiger partial charge is 0.306 e. The van der Waals surface area contributed by atoms with Gasteiger partial charge in [-0.15, -0.1) is 23.2 Å². The third kappa shape index (κ3) is 3.88. The first-order valence-electron chi connectivity index (χ1n) is 5.02. The van der Waals surface area contributed by atoms with Gasteiger partial charge in [-0.05, 0) is 13.3 Å². The van der Waals surface area contributed by atoms with E-state index in [0.717, 1.165) is 6.42 Å². The summed E-state index contributed by atoms with van der Waals surface area (Å²) in [6.07, 6.45) is 0.875. The lowest BCUT2D eigenvalue weighted by Crippen LogP contribution is -2.40. The molecule has 1 fully saturated rings. The second-order valence-corrected chi connectivity index (χ2v) is 6.38. The molecular weight excluding hydrogens is 258 g/mol. The number of nitrogens with zero attached hydrogens (tertiary/aromatic N) is 1. The Hall–Kier alpha value is 0.690. The summed E-state index contributed by atoms with van der Waals surface area (Å²) in [6, 6.07) is 0.206. The molecule has 0 unspecified atom stereocenters. The highest BCUT2D eigenvalue weighted by Crippen LogP contribution is 2.49. The lowest BCUT2D eigenvalue weighted by atomic mass is 10.3. The second kappa shape index (κ2) is 6.43. The predicted molar refractivity (Wildman–Crippen MR) is 63.8 cm³/mol. The van der Waals surface area contributed by atoms with E-state index in [2.05, 4.69) is 5.09 Å². The van der Waals surface area contributed by atoms with E-state index < -0.39 is 7.67 Å². The van der Waals surface area contributed by atoms with Gasteiger partial charge in [0.05, 0.1) is 6.61 Å². The zero-order valence-electron chi connectivity index (χ0n) is 8.79. The summed E-state index contributed by atoms with van der Waals surface area (Å²) in [5.74, 6) is 0.834. The fourth-order valence-corrected chi connectivity index (χ4v) is 4.28. The number of alkyl halides is 2. The van der Waals surface area contributed by atoms with E-state index in [4.69, 9.17) is 27.7 Å². The van der Waals surface area contributed by atoms with Crippen LogP contribution in [0.3, 0.4) is 0 Å². The van der Waals surface area contributed by atoms with Gasteiger partial charge in [-0.2, -0.15) is 0 Å². The van der Waals surface area contributed by atoms with E-state index in [1.165, 1.54) is 0 Å². The number of nitrogens with one attached hydrogen (secondary N) is 1. The van der Waals surface area contributed by atoms with Crippen LogP contribution in [-0.2, 0) is 9.09 Å². The molecule has 7 heteroatoms. The fourth-order valence-electron chi connectivity index (χ4n) is 1.47. The van der Waals surface area contributed by atoms with E-state index in [1.54, 1.807) is 4.67 Å². The normalized spacial score (nSPS) is 32.1. The molecule has 0 amide bonds. The van der Waals surface area contributed by atoms with Crippen LogP contribution in [0.1, 0.15) is 13.3 Å². The SMILES string of the molecule is C[C@H]1CCO[P@@](=O)(N(CCCl)CCCl)N1. The molecular formula is C8H17Cl2N2O2P. The third-order valence-electron chi connectivity index (χ3n) is 2.26. The summed E-state index contributed by atoms with van der Waals surface area (Å²) in [4.78, 5) is 0. The largest absolute Gasteiger partial charge is 0.343 e. The molecule has 1 rings (SSSR count). The Bertz CT molecular complexity index is 237. The molecule has 4 nitrogen and oxygen atoms in total. The van der Waals surface area contributed by atoms with E-state index in [0.29, 0.717) is 31.5 Å².